The van der Waals surface area contributed by atoms with Crippen molar-refractivity contribution in [3.05, 3.63) is 11.9 Å². The van der Waals surface area contributed by atoms with Crippen LogP contribution in [0.4, 0.5) is 4.79 Å². The topological polar surface area (TPSA) is 113 Å². The Morgan fingerprint density at radius 1 is 1.43 bits per heavy atom. The van der Waals surface area contributed by atoms with Gasteiger partial charge in [0.25, 0.3) is 0 Å². The van der Waals surface area contributed by atoms with Crippen molar-refractivity contribution < 1.29 is 19.4 Å². The summed E-state index contributed by atoms with van der Waals surface area (Å²) in [6.45, 7) is 9.23. The minimum Gasteiger partial charge on any atom is -0.394 e. The molecule has 1 aliphatic rings. The maximum Gasteiger partial charge on any atom is 0.317 e. The minimum absolute atomic E-state index is 0.00681. The zero-order chi connectivity index (χ0) is 22.3. The van der Waals surface area contributed by atoms with Gasteiger partial charge in [0.2, 0.25) is 5.91 Å². The second-order valence-electron chi connectivity index (χ2n) is 8.47. The zero-order valence-electron chi connectivity index (χ0n) is 18.7. The Labute approximate surface area is 178 Å². The molecule has 0 saturated carbocycles. The van der Waals surface area contributed by atoms with Gasteiger partial charge in [0, 0.05) is 45.1 Å². The number of aliphatic hydroxyl groups excluding tert-OH is 1. The van der Waals surface area contributed by atoms with Crippen LogP contribution in [0.5, 0.6) is 0 Å². The molecule has 10 heteroatoms. The maximum atomic E-state index is 12.8. The van der Waals surface area contributed by atoms with Gasteiger partial charge in [-0.2, -0.15) is 0 Å². The molecule has 1 aliphatic heterocycles. The number of nitrogens with zero attached hydrogens (tertiary/aromatic N) is 5. The molecule has 30 heavy (non-hydrogen) atoms. The molecule has 1 aromatic heterocycles. The van der Waals surface area contributed by atoms with Gasteiger partial charge in [0.05, 0.1) is 31.6 Å². The molecule has 0 spiro atoms. The molecule has 3 atom stereocenters. The first-order valence-corrected chi connectivity index (χ1v) is 10.6. The predicted octanol–water partition coefficient (Wildman–Crippen LogP) is 0.852. The number of amides is 3. The number of rotatable bonds is 5. The highest BCUT2D eigenvalue weighted by Crippen LogP contribution is 2.17. The van der Waals surface area contributed by atoms with Gasteiger partial charge in [-0.25, -0.2) is 4.79 Å². The Kier molecular flexibility index (Phi) is 9.04. The number of ether oxygens (including phenoxy) is 1. The number of likely N-dealkylation sites (N-methyl/N-ethyl adjacent to an activating group) is 1. The standard InChI is InChI=1S/C20H36N6O4/c1-14(2)21-20(29)24(5)11-18-15(3)9-26(16(4)12-27)19(28)7-6-8-25-10-17(13-30-18)22-23-25/h10,14-16,18,27H,6-9,11-13H2,1-5H3,(H,21,29)/t15-,16+,18+/m0/s1. The summed E-state index contributed by atoms with van der Waals surface area (Å²) >= 11 is 0. The van der Waals surface area contributed by atoms with Crippen LogP contribution in [0.3, 0.4) is 0 Å². The Bertz CT molecular complexity index is 695. The Hall–Kier alpha value is -2.20. The van der Waals surface area contributed by atoms with E-state index in [4.69, 9.17) is 4.74 Å². The molecule has 0 fully saturated rings. The van der Waals surface area contributed by atoms with E-state index in [0.717, 1.165) is 0 Å². The number of nitrogens with one attached hydrogen (secondary N) is 1. The first-order valence-electron chi connectivity index (χ1n) is 10.6. The van der Waals surface area contributed by atoms with Gasteiger partial charge in [-0.1, -0.05) is 12.1 Å². The average Bonchev–Trinajstić information content (AvgIpc) is 3.14. The van der Waals surface area contributed by atoms with Crippen molar-refractivity contribution in [3.8, 4) is 0 Å². The molecule has 170 valence electrons. The van der Waals surface area contributed by atoms with Crippen molar-refractivity contribution in [1.82, 2.24) is 30.1 Å². The number of fused-ring (bicyclic) bond motifs is 2. The van der Waals surface area contributed by atoms with E-state index < -0.39 is 0 Å². The first kappa shape index (κ1) is 24.1. The number of aryl methyl sites for hydroxylation is 1. The molecular weight excluding hydrogens is 388 g/mol. The number of hydrogen-bond donors (Lipinski definition) is 2. The van der Waals surface area contributed by atoms with Gasteiger partial charge < -0.3 is 25.0 Å². The van der Waals surface area contributed by atoms with Crippen molar-refractivity contribution in [3.63, 3.8) is 0 Å². The summed E-state index contributed by atoms with van der Waals surface area (Å²) in [5.74, 6) is -0.0688. The van der Waals surface area contributed by atoms with Gasteiger partial charge in [-0.15, -0.1) is 5.10 Å². The lowest BCUT2D eigenvalue weighted by atomic mass is 10.0. The van der Waals surface area contributed by atoms with E-state index in [1.807, 2.05) is 33.9 Å². The second-order valence-corrected chi connectivity index (χ2v) is 8.47. The third-order valence-electron chi connectivity index (χ3n) is 5.26. The number of aliphatic hydroxyl groups is 1. The van der Waals surface area contributed by atoms with Crippen LogP contribution in [0.1, 0.15) is 46.2 Å². The molecule has 0 saturated heterocycles. The van der Waals surface area contributed by atoms with Crippen molar-refractivity contribution in [2.45, 2.75) is 71.9 Å². The third-order valence-corrected chi connectivity index (χ3v) is 5.26. The van der Waals surface area contributed by atoms with Gasteiger partial charge in [-0.3, -0.25) is 9.48 Å². The fourth-order valence-corrected chi connectivity index (χ4v) is 3.40. The largest absolute Gasteiger partial charge is 0.394 e. The van der Waals surface area contributed by atoms with Crippen LogP contribution in [0.2, 0.25) is 0 Å². The van der Waals surface area contributed by atoms with Crippen molar-refractivity contribution in [1.29, 1.82) is 0 Å². The maximum absolute atomic E-state index is 12.8. The summed E-state index contributed by atoms with van der Waals surface area (Å²) < 4.78 is 7.86. The van der Waals surface area contributed by atoms with Crippen LogP contribution >= 0.6 is 0 Å². The fourth-order valence-electron chi connectivity index (χ4n) is 3.40. The fraction of sp³-hybridized carbons (Fsp3) is 0.800. The lowest BCUT2D eigenvalue weighted by Gasteiger charge is -2.35. The summed E-state index contributed by atoms with van der Waals surface area (Å²) in [6.07, 6.45) is 2.52. The van der Waals surface area contributed by atoms with Crippen LogP contribution < -0.4 is 5.32 Å². The van der Waals surface area contributed by atoms with Crippen molar-refractivity contribution in [2.75, 3.05) is 26.7 Å². The molecule has 0 radical (unpaired) electrons. The average molecular weight is 425 g/mol. The van der Waals surface area contributed by atoms with Gasteiger partial charge >= 0.3 is 6.03 Å². The van der Waals surface area contributed by atoms with Crippen molar-refractivity contribution in [2.24, 2.45) is 5.92 Å². The highest BCUT2D eigenvalue weighted by Gasteiger charge is 2.28. The number of urea groups is 1. The van der Waals surface area contributed by atoms with E-state index in [2.05, 4.69) is 15.6 Å². The molecule has 2 heterocycles. The quantitative estimate of drug-likeness (QED) is 0.725. The molecular formula is C20H36N6O4. The molecule has 0 aliphatic carbocycles. The number of carbonyl (C=O) groups is 2. The predicted molar refractivity (Wildman–Crippen MR) is 112 cm³/mol. The van der Waals surface area contributed by atoms with E-state index >= 15 is 0 Å². The van der Waals surface area contributed by atoms with E-state index in [0.29, 0.717) is 38.2 Å². The normalized spacial score (nSPS) is 22.1. The third kappa shape index (κ3) is 6.94. The minimum atomic E-state index is -0.319. The molecule has 2 bridgehead atoms. The summed E-state index contributed by atoms with van der Waals surface area (Å²) in [7, 11) is 1.73. The lowest BCUT2D eigenvalue weighted by Crippen LogP contribution is -2.49. The van der Waals surface area contributed by atoms with Crippen LogP contribution in [-0.2, 0) is 22.7 Å². The Balaban J connectivity index is 2.21. The number of hydrogen-bond acceptors (Lipinski definition) is 6. The van der Waals surface area contributed by atoms with Gasteiger partial charge in [0.15, 0.2) is 0 Å². The van der Waals surface area contributed by atoms with Gasteiger partial charge in [-0.05, 0) is 27.2 Å². The molecule has 2 rings (SSSR count). The number of aromatic nitrogens is 3. The van der Waals surface area contributed by atoms with Crippen LogP contribution in [-0.4, -0.2) is 86.8 Å². The van der Waals surface area contributed by atoms with Crippen LogP contribution in [0.25, 0.3) is 0 Å². The summed E-state index contributed by atoms with van der Waals surface area (Å²) in [5.41, 5.74) is 0.715. The second kappa shape index (κ2) is 11.3. The highest BCUT2D eigenvalue weighted by molar-refractivity contribution is 5.76. The molecule has 10 nitrogen and oxygen atoms in total. The molecule has 0 aromatic carbocycles. The smallest absolute Gasteiger partial charge is 0.317 e. The van der Waals surface area contributed by atoms with E-state index in [1.165, 1.54) is 0 Å². The van der Waals surface area contributed by atoms with Crippen LogP contribution in [0.15, 0.2) is 6.20 Å². The first-order chi connectivity index (χ1) is 14.2. The molecule has 0 unspecified atom stereocenters. The monoisotopic (exact) mass is 424 g/mol. The Morgan fingerprint density at radius 2 is 2.17 bits per heavy atom. The van der Waals surface area contributed by atoms with E-state index in [1.54, 1.807) is 21.5 Å². The summed E-state index contributed by atoms with van der Waals surface area (Å²) in [5, 5.41) is 20.8. The summed E-state index contributed by atoms with van der Waals surface area (Å²) in [6, 6.07) is -0.427. The van der Waals surface area contributed by atoms with E-state index in [-0.39, 0.29) is 49.3 Å². The van der Waals surface area contributed by atoms with Crippen LogP contribution in [0, 0.1) is 5.92 Å². The highest BCUT2D eigenvalue weighted by atomic mass is 16.5. The van der Waals surface area contributed by atoms with E-state index in [9.17, 15) is 14.7 Å². The lowest BCUT2D eigenvalue weighted by molar-refractivity contribution is -0.136. The molecule has 3 amide bonds. The SMILES string of the molecule is CC(C)NC(=O)N(C)C[C@H]1OCc2cn(nn2)CCCC(=O)N([C@H](C)CO)C[C@@H]1C. The zero-order valence-corrected chi connectivity index (χ0v) is 18.7. The van der Waals surface area contributed by atoms with Gasteiger partial charge in [0.1, 0.15) is 5.69 Å². The number of carbonyl (C=O) groups excluding carboxylic acids is 2. The molecule has 2 N–H and O–H groups in total. The summed E-state index contributed by atoms with van der Waals surface area (Å²) in [4.78, 5) is 28.5. The Morgan fingerprint density at radius 3 is 2.83 bits per heavy atom. The molecule has 1 aromatic rings. The van der Waals surface area contributed by atoms with Crippen molar-refractivity contribution >= 4 is 11.9 Å².